The summed E-state index contributed by atoms with van der Waals surface area (Å²) in [5.74, 6) is 1.16. The summed E-state index contributed by atoms with van der Waals surface area (Å²) in [6, 6.07) is 7.44. The fourth-order valence-electron chi connectivity index (χ4n) is 3.10. The van der Waals surface area contributed by atoms with Gasteiger partial charge >= 0.3 is 0 Å². The molecule has 0 spiro atoms. The van der Waals surface area contributed by atoms with Crippen LogP contribution in [0.5, 0.6) is 11.5 Å². The first-order valence-electron chi connectivity index (χ1n) is 11.0. The van der Waals surface area contributed by atoms with Gasteiger partial charge in [0.15, 0.2) is 11.5 Å². The molecule has 1 aromatic rings. The molecule has 4 nitrogen and oxygen atoms in total. The van der Waals surface area contributed by atoms with Crippen LogP contribution >= 0.6 is 0 Å². The summed E-state index contributed by atoms with van der Waals surface area (Å²) in [5, 5.41) is 18.6. The van der Waals surface area contributed by atoms with Crippen LogP contribution < -0.4 is 9.47 Å². The average Bonchev–Trinajstić information content (AvgIpc) is 2.72. The van der Waals surface area contributed by atoms with Gasteiger partial charge in [-0.25, -0.2) is 0 Å². The lowest BCUT2D eigenvalue weighted by molar-refractivity contribution is 0.258. The monoisotopic (exact) mass is 384 g/mol. The second kappa shape index (κ2) is 15.8. The number of nitrogens with zero attached hydrogens (tertiary/aromatic N) is 2. The smallest absolute Gasteiger partial charge is 0.162 e. The average molecular weight is 385 g/mol. The van der Waals surface area contributed by atoms with Gasteiger partial charge in [0.1, 0.15) is 12.1 Å². The Hall–Kier alpha value is -2.20. The minimum Gasteiger partial charge on any atom is -0.490 e. The first-order chi connectivity index (χ1) is 13.8. The van der Waals surface area contributed by atoms with Crippen molar-refractivity contribution in [2.75, 3.05) is 13.2 Å². The van der Waals surface area contributed by atoms with E-state index in [0.29, 0.717) is 35.8 Å². The highest BCUT2D eigenvalue weighted by molar-refractivity contribution is 5.56. The molecular formula is C24H36N2O2. The lowest BCUT2D eigenvalue weighted by Gasteiger charge is -2.14. The molecular weight excluding hydrogens is 348 g/mol. The van der Waals surface area contributed by atoms with Crippen LogP contribution in [0.2, 0.25) is 0 Å². The Morgan fingerprint density at radius 3 is 1.32 bits per heavy atom. The molecule has 0 radical (unpaired) electrons. The van der Waals surface area contributed by atoms with E-state index in [0.717, 1.165) is 25.7 Å². The number of hydrogen-bond donors (Lipinski definition) is 0. The third-order valence-electron chi connectivity index (χ3n) is 4.84. The highest BCUT2D eigenvalue weighted by Crippen LogP contribution is 2.31. The van der Waals surface area contributed by atoms with Crippen molar-refractivity contribution in [2.45, 2.75) is 90.9 Å². The molecule has 0 saturated carbocycles. The van der Waals surface area contributed by atoms with Crippen molar-refractivity contribution in [3.8, 4) is 23.6 Å². The Labute approximate surface area is 171 Å². The number of ether oxygens (including phenoxy) is 2. The molecule has 1 aromatic carbocycles. The largest absolute Gasteiger partial charge is 0.490 e. The van der Waals surface area contributed by atoms with Crippen LogP contribution in [0.15, 0.2) is 12.1 Å². The maximum atomic E-state index is 9.28. The molecule has 0 aliphatic heterocycles. The Morgan fingerprint density at radius 1 is 0.607 bits per heavy atom. The lowest BCUT2D eigenvalue weighted by Crippen LogP contribution is -2.04. The van der Waals surface area contributed by atoms with Gasteiger partial charge in [-0.05, 0) is 12.8 Å². The molecule has 0 unspecified atom stereocenters. The molecule has 0 aromatic heterocycles. The van der Waals surface area contributed by atoms with Gasteiger partial charge in [-0.2, -0.15) is 10.5 Å². The van der Waals surface area contributed by atoms with Crippen LogP contribution in [0.1, 0.15) is 102 Å². The summed E-state index contributed by atoms with van der Waals surface area (Å²) in [5.41, 5.74) is 0.680. The van der Waals surface area contributed by atoms with E-state index in [-0.39, 0.29) is 0 Å². The van der Waals surface area contributed by atoms with Gasteiger partial charge in [0, 0.05) is 12.1 Å². The topological polar surface area (TPSA) is 66.0 Å². The molecule has 0 bridgehead atoms. The zero-order valence-electron chi connectivity index (χ0n) is 17.8. The van der Waals surface area contributed by atoms with Crippen molar-refractivity contribution in [3.05, 3.63) is 23.3 Å². The Morgan fingerprint density at radius 2 is 0.964 bits per heavy atom. The van der Waals surface area contributed by atoms with Crippen molar-refractivity contribution in [1.82, 2.24) is 0 Å². The molecule has 0 aliphatic carbocycles. The van der Waals surface area contributed by atoms with Crippen molar-refractivity contribution in [3.63, 3.8) is 0 Å². The first kappa shape index (κ1) is 23.8. The van der Waals surface area contributed by atoms with Crippen molar-refractivity contribution < 1.29 is 9.47 Å². The molecule has 0 saturated heterocycles. The number of benzene rings is 1. The Balaban J connectivity index is 2.55. The van der Waals surface area contributed by atoms with E-state index in [1.54, 1.807) is 12.1 Å². The lowest BCUT2D eigenvalue weighted by atomic mass is 10.1. The van der Waals surface area contributed by atoms with E-state index in [4.69, 9.17) is 9.47 Å². The van der Waals surface area contributed by atoms with Crippen LogP contribution in [0.4, 0.5) is 0 Å². The van der Waals surface area contributed by atoms with Crippen molar-refractivity contribution in [2.24, 2.45) is 0 Å². The third-order valence-corrected chi connectivity index (χ3v) is 4.84. The molecule has 0 N–H and O–H groups in total. The molecule has 1 rings (SSSR count). The number of rotatable bonds is 16. The molecule has 4 heteroatoms. The second-order valence-electron chi connectivity index (χ2n) is 7.30. The Kier molecular flexibility index (Phi) is 13.5. The standard InChI is InChI=1S/C24H36N2O2/c1-3-5-7-9-11-13-15-27-23-17-21(19-25)22(20-26)18-24(23)28-16-14-12-10-8-6-4-2/h17-18H,3-16H2,1-2H3. The van der Waals surface area contributed by atoms with E-state index < -0.39 is 0 Å². The van der Waals surface area contributed by atoms with Crippen molar-refractivity contribution in [1.29, 1.82) is 10.5 Å². The molecule has 28 heavy (non-hydrogen) atoms. The second-order valence-corrected chi connectivity index (χ2v) is 7.30. The third kappa shape index (κ3) is 9.65. The Bertz CT molecular complexity index is 574. The molecule has 154 valence electrons. The number of nitriles is 2. The van der Waals surface area contributed by atoms with Gasteiger partial charge in [-0.15, -0.1) is 0 Å². The van der Waals surface area contributed by atoms with Crippen molar-refractivity contribution >= 4 is 0 Å². The molecule has 0 heterocycles. The summed E-state index contributed by atoms with van der Waals surface area (Å²) >= 11 is 0. The maximum Gasteiger partial charge on any atom is 0.162 e. The van der Waals surface area contributed by atoms with Crippen LogP contribution in [0.25, 0.3) is 0 Å². The highest BCUT2D eigenvalue weighted by Gasteiger charge is 2.12. The number of hydrogen-bond acceptors (Lipinski definition) is 4. The zero-order chi connectivity index (χ0) is 20.5. The maximum absolute atomic E-state index is 9.28. The summed E-state index contributed by atoms with van der Waals surface area (Å²) in [7, 11) is 0. The molecule has 0 aliphatic rings. The van der Waals surface area contributed by atoms with Gasteiger partial charge in [0.2, 0.25) is 0 Å². The highest BCUT2D eigenvalue weighted by atomic mass is 16.5. The molecule has 0 amide bonds. The summed E-state index contributed by atoms with van der Waals surface area (Å²) in [6.45, 7) is 5.65. The predicted molar refractivity (Wildman–Crippen MR) is 114 cm³/mol. The van der Waals surface area contributed by atoms with E-state index in [1.807, 2.05) is 0 Å². The van der Waals surface area contributed by atoms with Crippen LogP contribution in [0.3, 0.4) is 0 Å². The van der Waals surface area contributed by atoms with Crippen LogP contribution in [-0.4, -0.2) is 13.2 Å². The van der Waals surface area contributed by atoms with E-state index in [2.05, 4.69) is 26.0 Å². The van der Waals surface area contributed by atoms with Crippen LogP contribution in [0, 0.1) is 22.7 Å². The number of unbranched alkanes of at least 4 members (excludes halogenated alkanes) is 10. The van der Waals surface area contributed by atoms with Gasteiger partial charge in [0.25, 0.3) is 0 Å². The summed E-state index contributed by atoms with van der Waals surface area (Å²) in [6.07, 6.45) is 14.4. The predicted octanol–water partition coefficient (Wildman–Crippen LogP) is 6.91. The first-order valence-corrected chi connectivity index (χ1v) is 11.0. The van der Waals surface area contributed by atoms with Gasteiger partial charge in [0.05, 0.1) is 24.3 Å². The quantitative estimate of drug-likeness (QED) is 0.290. The van der Waals surface area contributed by atoms with Gasteiger partial charge in [-0.1, -0.05) is 78.1 Å². The van der Waals surface area contributed by atoms with Gasteiger partial charge < -0.3 is 9.47 Å². The summed E-state index contributed by atoms with van der Waals surface area (Å²) in [4.78, 5) is 0. The van der Waals surface area contributed by atoms with Gasteiger partial charge in [-0.3, -0.25) is 0 Å². The van der Waals surface area contributed by atoms with E-state index >= 15 is 0 Å². The zero-order valence-corrected chi connectivity index (χ0v) is 17.8. The fourth-order valence-corrected chi connectivity index (χ4v) is 3.10. The van der Waals surface area contributed by atoms with E-state index in [1.165, 1.54) is 51.4 Å². The molecule has 0 atom stereocenters. The van der Waals surface area contributed by atoms with E-state index in [9.17, 15) is 10.5 Å². The SMILES string of the molecule is CCCCCCCCOc1cc(C#N)c(C#N)cc1OCCCCCCCC. The minimum atomic E-state index is 0.340. The fraction of sp³-hybridized carbons (Fsp3) is 0.667. The molecule has 0 fully saturated rings. The minimum absolute atomic E-state index is 0.340. The normalized spacial score (nSPS) is 10.3. The van der Waals surface area contributed by atoms with Crippen LogP contribution in [-0.2, 0) is 0 Å². The summed E-state index contributed by atoms with van der Waals surface area (Å²) < 4.78 is 11.8.